The maximum absolute atomic E-state index is 12.6. The van der Waals surface area contributed by atoms with Crippen LogP contribution in [0.25, 0.3) is 0 Å². The van der Waals surface area contributed by atoms with Crippen molar-refractivity contribution in [3.8, 4) is 0 Å². The first kappa shape index (κ1) is 20.3. The van der Waals surface area contributed by atoms with E-state index in [0.717, 1.165) is 4.90 Å². The van der Waals surface area contributed by atoms with Gasteiger partial charge < -0.3 is 5.32 Å². The van der Waals surface area contributed by atoms with Crippen molar-refractivity contribution in [2.24, 2.45) is 0 Å². The van der Waals surface area contributed by atoms with Crippen molar-refractivity contribution in [3.63, 3.8) is 0 Å². The number of thioether (sulfide) groups is 1. The second-order valence-electron chi connectivity index (χ2n) is 5.79. The fourth-order valence-electron chi connectivity index (χ4n) is 2.49. The molecule has 0 atom stereocenters. The lowest BCUT2D eigenvalue weighted by Gasteiger charge is -2.11. The highest BCUT2D eigenvalue weighted by molar-refractivity contribution is 7.98. The fourth-order valence-corrected chi connectivity index (χ4v) is 4.22. The van der Waals surface area contributed by atoms with Gasteiger partial charge in [-0.05, 0) is 60.9 Å². The summed E-state index contributed by atoms with van der Waals surface area (Å²) in [7, 11) is -3.79. The second-order valence-corrected chi connectivity index (χ2v) is 8.76. The van der Waals surface area contributed by atoms with E-state index in [1.807, 2.05) is 30.5 Å². The molecule has 28 heavy (non-hydrogen) atoms. The number of sulfonamides is 1. The third-order valence-corrected chi connectivity index (χ3v) is 6.30. The third kappa shape index (κ3) is 4.86. The maximum Gasteiger partial charge on any atom is 0.261 e. The van der Waals surface area contributed by atoms with Gasteiger partial charge in [-0.25, -0.2) is 8.42 Å². The lowest BCUT2D eigenvalue weighted by Crippen LogP contribution is -2.15. The van der Waals surface area contributed by atoms with E-state index in [1.165, 1.54) is 42.1 Å². The Bertz CT molecular complexity index is 1100. The molecule has 0 spiro atoms. The van der Waals surface area contributed by atoms with Gasteiger partial charge in [-0.3, -0.25) is 9.52 Å². The highest BCUT2D eigenvalue weighted by atomic mass is 35.5. The summed E-state index contributed by atoms with van der Waals surface area (Å²) in [6.45, 7) is 0. The standard InChI is InChI=1S/C20H17ClN2O3S2/c1-27-19-8-3-2-7-18(19)22-20(24)14-5-4-6-16(13-14)23-28(25,26)17-11-9-15(21)10-12-17/h2-13,23H,1H3,(H,22,24). The van der Waals surface area contributed by atoms with E-state index in [1.54, 1.807) is 18.2 Å². The summed E-state index contributed by atoms with van der Waals surface area (Å²) in [4.78, 5) is 13.6. The molecule has 3 aromatic carbocycles. The van der Waals surface area contributed by atoms with Crippen LogP contribution in [-0.4, -0.2) is 20.6 Å². The van der Waals surface area contributed by atoms with Crippen molar-refractivity contribution >= 4 is 50.7 Å². The Morgan fingerprint density at radius 2 is 1.68 bits per heavy atom. The number of nitrogens with one attached hydrogen (secondary N) is 2. The Labute approximate surface area is 173 Å². The van der Waals surface area contributed by atoms with Crippen LogP contribution in [0.1, 0.15) is 10.4 Å². The van der Waals surface area contributed by atoms with E-state index in [4.69, 9.17) is 11.6 Å². The van der Waals surface area contributed by atoms with E-state index in [2.05, 4.69) is 10.0 Å². The van der Waals surface area contributed by atoms with Gasteiger partial charge in [0.15, 0.2) is 0 Å². The lowest BCUT2D eigenvalue weighted by molar-refractivity contribution is 0.102. The quantitative estimate of drug-likeness (QED) is 0.530. The minimum Gasteiger partial charge on any atom is -0.321 e. The van der Waals surface area contributed by atoms with Crippen molar-refractivity contribution < 1.29 is 13.2 Å². The summed E-state index contributed by atoms with van der Waals surface area (Å²) in [5, 5.41) is 3.30. The van der Waals surface area contributed by atoms with Gasteiger partial charge in [0.1, 0.15) is 0 Å². The number of halogens is 1. The number of carbonyl (C=O) groups is 1. The number of hydrogen-bond donors (Lipinski definition) is 2. The minimum atomic E-state index is -3.79. The van der Waals surface area contributed by atoms with Crippen LogP contribution in [-0.2, 0) is 10.0 Å². The van der Waals surface area contributed by atoms with Crippen LogP contribution in [0.4, 0.5) is 11.4 Å². The first-order valence-electron chi connectivity index (χ1n) is 8.22. The molecular weight excluding hydrogens is 416 g/mol. The van der Waals surface area contributed by atoms with E-state index < -0.39 is 10.0 Å². The highest BCUT2D eigenvalue weighted by Gasteiger charge is 2.15. The van der Waals surface area contributed by atoms with Gasteiger partial charge in [-0.2, -0.15) is 0 Å². The molecule has 8 heteroatoms. The van der Waals surface area contributed by atoms with Crippen LogP contribution in [0.5, 0.6) is 0 Å². The van der Waals surface area contributed by atoms with Crippen molar-refractivity contribution in [1.29, 1.82) is 0 Å². The van der Waals surface area contributed by atoms with Crippen molar-refractivity contribution in [1.82, 2.24) is 0 Å². The fraction of sp³-hybridized carbons (Fsp3) is 0.0500. The summed E-state index contributed by atoms with van der Waals surface area (Å²) in [6.07, 6.45) is 1.93. The number of para-hydroxylation sites is 1. The molecule has 0 saturated carbocycles. The Hall–Kier alpha value is -2.48. The molecule has 0 heterocycles. The molecule has 0 aliphatic carbocycles. The maximum atomic E-state index is 12.6. The van der Waals surface area contributed by atoms with Gasteiger partial charge in [0.05, 0.1) is 10.6 Å². The summed E-state index contributed by atoms with van der Waals surface area (Å²) in [5.41, 5.74) is 1.33. The number of amides is 1. The van der Waals surface area contributed by atoms with Gasteiger partial charge in [0, 0.05) is 21.2 Å². The van der Waals surface area contributed by atoms with Crippen LogP contribution in [0.2, 0.25) is 5.02 Å². The van der Waals surface area contributed by atoms with Crippen LogP contribution >= 0.6 is 23.4 Å². The van der Waals surface area contributed by atoms with Gasteiger partial charge in [-0.15, -0.1) is 11.8 Å². The summed E-state index contributed by atoms with van der Waals surface area (Å²) < 4.78 is 27.5. The molecule has 0 aromatic heterocycles. The normalized spacial score (nSPS) is 11.1. The number of benzene rings is 3. The van der Waals surface area contributed by atoms with E-state index >= 15 is 0 Å². The number of anilines is 2. The molecule has 0 saturated heterocycles. The molecule has 0 bridgehead atoms. The molecular formula is C20H17ClN2O3S2. The topological polar surface area (TPSA) is 75.3 Å². The van der Waals surface area contributed by atoms with Crippen LogP contribution in [0.15, 0.2) is 82.6 Å². The van der Waals surface area contributed by atoms with Crippen molar-refractivity contribution in [3.05, 3.63) is 83.4 Å². The zero-order valence-electron chi connectivity index (χ0n) is 14.8. The zero-order valence-corrected chi connectivity index (χ0v) is 17.2. The van der Waals surface area contributed by atoms with E-state index in [-0.39, 0.29) is 10.8 Å². The SMILES string of the molecule is CSc1ccccc1NC(=O)c1cccc(NS(=O)(=O)c2ccc(Cl)cc2)c1. The molecule has 3 rings (SSSR count). The average Bonchev–Trinajstić information content (AvgIpc) is 2.68. The Kier molecular flexibility index (Phi) is 6.28. The second kappa shape index (κ2) is 8.68. The van der Waals surface area contributed by atoms with Gasteiger partial charge in [0.25, 0.3) is 15.9 Å². The first-order chi connectivity index (χ1) is 13.4. The Morgan fingerprint density at radius 3 is 2.39 bits per heavy atom. The molecule has 1 amide bonds. The number of rotatable bonds is 6. The van der Waals surface area contributed by atoms with Crippen LogP contribution in [0.3, 0.4) is 0 Å². The first-order valence-corrected chi connectivity index (χ1v) is 11.3. The van der Waals surface area contributed by atoms with Crippen LogP contribution < -0.4 is 10.0 Å². The zero-order chi connectivity index (χ0) is 20.1. The van der Waals surface area contributed by atoms with Crippen LogP contribution in [0, 0.1) is 0 Å². The molecule has 0 aliphatic rings. The number of hydrogen-bond acceptors (Lipinski definition) is 4. The van der Waals surface area contributed by atoms with Crippen molar-refractivity contribution in [2.45, 2.75) is 9.79 Å². The number of carbonyl (C=O) groups excluding carboxylic acids is 1. The summed E-state index contributed by atoms with van der Waals surface area (Å²) >= 11 is 7.33. The third-order valence-electron chi connectivity index (χ3n) is 3.86. The highest BCUT2D eigenvalue weighted by Crippen LogP contribution is 2.25. The molecule has 3 aromatic rings. The molecule has 144 valence electrons. The van der Waals surface area contributed by atoms with E-state index in [9.17, 15) is 13.2 Å². The molecule has 0 fully saturated rings. The lowest BCUT2D eigenvalue weighted by atomic mass is 10.2. The molecule has 5 nitrogen and oxygen atoms in total. The van der Waals surface area contributed by atoms with Gasteiger partial charge in [-0.1, -0.05) is 29.8 Å². The molecule has 0 radical (unpaired) electrons. The molecule has 0 aliphatic heterocycles. The summed E-state index contributed by atoms with van der Waals surface area (Å²) in [5.74, 6) is -0.325. The molecule has 2 N–H and O–H groups in total. The smallest absolute Gasteiger partial charge is 0.261 e. The Morgan fingerprint density at radius 1 is 0.964 bits per heavy atom. The summed E-state index contributed by atoms with van der Waals surface area (Å²) in [6, 6.07) is 19.6. The molecule has 0 unspecified atom stereocenters. The average molecular weight is 433 g/mol. The predicted molar refractivity (Wildman–Crippen MR) is 115 cm³/mol. The van der Waals surface area contributed by atoms with Gasteiger partial charge in [0.2, 0.25) is 0 Å². The Balaban J connectivity index is 1.80. The van der Waals surface area contributed by atoms with Crippen molar-refractivity contribution in [2.75, 3.05) is 16.3 Å². The predicted octanol–water partition coefficient (Wildman–Crippen LogP) is 5.12. The van der Waals surface area contributed by atoms with Gasteiger partial charge >= 0.3 is 0 Å². The monoisotopic (exact) mass is 432 g/mol. The largest absolute Gasteiger partial charge is 0.321 e. The minimum absolute atomic E-state index is 0.0839. The van der Waals surface area contributed by atoms with E-state index in [0.29, 0.717) is 22.0 Å².